The highest BCUT2D eigenvalue weighted by atomic mass is 16.3. The molecule has 6 heteroatoms. The number of benzene rings is 2. The second kappa shape index (κ2) is 5.17. The number of fused-ring (bicyclic) bond motifs is 1. The van der Waals surface area contributed by atoms with Crippen molar-refractivity contribution in [2.45, 2.75) is 6.92 Å². The predicted octanol–water partition coefficient (Wildman–Crippen LogP) is 3.10. The van der Waals surface area contributed by atoms with Crippen LogP contribution in [-0.4, -0.2) is 30.7 Å². The average molecular weight is 303 g/mol. The summed E-state index contributed by atoms with van der Waals surface area (Å²) in [6.45, 7) is 2.01. The lowest BCUT2D eigenvalue weighted by atomic mass is 10.0. The Labute approximate surface area is 131 Å². The van der Waals surface area contributed by atoms with Crippen molar-refractivity contribution in [1.82, 2.24) is 25.6 Å². The van der Waals surface area contributed by atoms with E-state index in [1.807, 2.05) is 49.4 Å². The van der Waals surface area contributed by atoms with Gasteiger partial charge in [-0.05, 0) is 35.0 Å². The van der Waals surface area contributed by atoms with Crippen molar-refractivity contribution in [3.05, 3.63) is 54.1 Å². The lowest BCUT2D eigenvalue weighted by molar-refractivity contribution is 0.480. The second-order valence-corrected chi connectivity index (χ2v) is 5.33. The van der Waals surface area contributed by atoms with E-state index in [-0.39, 0.29) is 5.75 Å². The number of aryl methyl sites for hydroxylation is 1. The van der Waals surface area contributed by atoms with Crippen LogP contribution in [0.15, 0.2) is 48.5 Å². The number of aromatic amines is 1. The standard InChI is InChI=1S/C17H13N5O/c1-10-9-13-3-2-4-14(23)16(13)18-15(10)11-5-7-12(8-6-11)17-19-21-22-20-17/h2-9,23H,1H3,(H,19,20,21,22). The van der Waals surface area contributed by atoms with Crippen LogP contribution in [0.25, 0.3) is 33.5 Å². The van der Waals surface area contributed by atoms with E-state index in [1.54, 1.807) is 6.07 Å². The van der Waals surface area contributed by atoms with Crippen molar-refractivity contribution in [3.63, 3.8) is 0 Å². The molecule has 0 aliphatic heterocycles. The van der Waals surface area contributed by atoms with Crippen LogP contribution < -0.4 is 0 Å². The number of hydrogen-bond donors (Lipinski definition) is 2. The molecule has 2 heterocycles. The zero-order valence-electron chi connectivity index (χ0n) is 12.4. The molecule has 4 rings (SSSR count). The van der Waals surface area contributed by atoms with Gasteiger partial charge >= 0.3 is 0 Å². The summed E-state index contributed by atoms with van der Waals surface area (Å²) >= 11 is 0. The Balaban J connectivity index is 1.82. The molecular weight excluding hydrogens is 290 g/mol. The summed E-state index contributed by atoms with van der Waals surface area (Å²) in [5.41, 5.74) is 4.39. The first-order valence-corrected chi connectivity index (χ1v) is 7.16. The Kier molecular flexibility index (Phi) is 3.01. The van der Waals surface area contributed by atoms with Crippen molar-refractivity contribution in [3.8, 4) is 28.4 Å². The van der Waals surface area contributed by atoms with Crippen LogP contribution in [-0.2, 0) is 0 Å². The van der Waals surface area contributed by atoms with E-state index >= 15 is 0 Å². The summed E-state index contributed by atoms with van der Waals surface area (Å²) in [6, 6.07) is 15.3. The molecule has 6 nitrogen and oxygen atoms in total. The number of H-pyrrole nitrogens is 1. The number of pyridine rings is 1. The number of phenols is 1. The van der Waals surface area contributed by atoms with E-state index in [0.717, 1.165) is 27.8 Å². The SMILES string of the molecule is Cc1cc2cccc(O)c2nc1-c1ccc(-c2nnn[nH]2)cc1. The lowest BCUT2D eigenvalue weighted by Crippen LogP contribution is -1.91. The Hall–Kier alpha value is -3.28. The molecule has 0 atom stereocenters. The van der Waals surface area contributed by atoms with Gasteiger partial charge in [-0.2, -0.15) is 0 Å². The minimum absolute atomic E-state index is 0.188. The molecule has 0 saturated carbocycles. The van der Waals surface area contributed by atoms with Gasteiger partial charge in [-0.3, -0.25) is 0 Å². The summed E-state index contributed by atoms with van der Waals surface area (Å²) in [5, 5.41) is 24.7. The number of para-hydroxylation sites is 1. The molecule has 112 valence electrons. The third kappa shape index (κ3) is 2.30. The number of rotatable bonds is 2. The molecule has 2 aromatic carbocycles. The highest BCUT2D eigenvalue weighted by Gasteiger charge is 2.09. The van der Waals surface area contributed by atoms with Crippen LogP contribution >= 0.6 is 0 Å². The van der Waals surface area contributed by atoms with Crippen LogP contribution in [0.2, 0.25) is 0 Å². The van der Waals surface area contributed by atoms with E-state index in [9.17, 15) is 5.11 Å². The van der Waals surface area contributed by atoms with Crippen LogP contribution in [0.3, 0.4) is 0 Å². The Morgan fingerprint density at radius 1 is 1.00 bits per heavy atom. The van der Waals surface area contributed by atoms with E-state index < -0.39 is 0 Å². The number of nitrogens with zero attached hydrogens (tertiary/aromatic N) is 4. The van der Waals surface area contributed by atoms with Crippen molar-refractivity contribution < 1.29 is 5.11 Å². The molecule has 0 radical (unpaired) electrons. The highest BCUT2D eigenvalue weighted by Crippen LogP contribution is 2.30. The van der Waals surface area contributed by atoms with Gasteiger partial charge in [0, 0.05) is 16.5 Å². The lowest BCUT2D eigenvalue weighted by Gasteiger charge is -2.09. The molecule has 0 unspecified atom stereocenters. The number of nitrogens with one attached hydrogen (secondary N) is 1. The fourth-order valence-corrected chi connectivity index (χ4v) is 2.65. The van der Waals surface area contributed by atoms with Crippen LogP contribution in [0.5, 0.6) is 5.75 Å². The van der Waals surface area contributed by atoms with E-state index in [2.05, 4.69) is 25.6 Å². The Bertz CT molecular complexity index is 978. The normalized spacial score (nSPS) is 11.0. The third-order valence-electron chi connectivity index (χ3n) is 3.79. The number of aromatic hydroxyl groups is 1. The molecular formula is C17H13N5O. The van der Waals surface area contributed by atoms with Crippen molar-refractivity contribution in [2.24, 2.45) is 0 Å². The van der Waals surface area contributed by atoms with E-state index in [0.29, 0.717) is 11.3 Å². The largest absolute Gasteiger partial charge is 0.506 e. The zero-order chi connectivity index (χ0) is 15.8. The third-order valence-corrected chi connectivity index (χ3v) is 3.79. The van der Waals surface area contributed by atoms with Gasteiger partial charge in [0.1, 0.15) is 11.3 Å². The first-order chi connectivity index (χ1) is 11.2. The fourth-order valence-electron chi connectivity index (χ4n) is 2.65. The molecule has 0 amide bonds. The monoisotopic (exact) mass is 303 g/mol. The van der Waals surface area contributed by atoms with Gasteiger partial charge in [0.15, 0.2) is 5.82 Å². The van der Waals surface area contributed by atoms with Gasteiger partial charge in [0.2, 0.25) is 0 Å². The summed E-state index contributed by atoms with van der Waals surface area (Å²) in [6.07, 6.45) is 0. The van der Waals surface area contributed by atoms with Crippen LogP contribution in [0, 0.1) is 6.92 Å². The van der Waals surface area contributed by atoms with Gasteiger partial charge in [-0.1, -0.05) is 36.4 Å². The van der Waals surface area contributed by atoms with Crippen molar-refractivity contribution in [2.75, 3.05) is 0 Å². The number of tetrazole rings is 1. The topological polar surface area (TPSA) is 87.6 Å². The minimum Gasteiger partial charge on any atom is -0.506 e. The fraction of sp³-hybridized carbons (Fsp3) is 0.0588. The Morgan fingerprint density at radius 3 is 2.52 bits per heavy atom. The maximum Gasteiger partial charge on any atom is 0.179 e. The van der Waals surface area contributed by atoms with Crippen molar-refractivity contribution in [1.29, 1.82) is 0 Å². The molecule has 0 aliphatic carbocycles. The van der Waals surface area contributed by atoms with E-state index in [1.165, 1.54) is 0 Å². The number of phenolic OH excluding ortho intramolecular Hbond substituents is 1. The summed E-state index contributed by atoms with van der Waals surface area (Å²) < 4.78 is 0. The van der Waals surface area contributed by atoms with Gasteiger partial charge in [0.25, 0.3) is 0 Å². The molecule has 0 saturated heterocycles. The van der Waals surface area contributed by atoms with Gasteiger partial charge < -0.3 is 5.11 Å². The first-order valence-electron chi connectivity index (χ1n) is 7.16. The summed E-state index contributed by atoms with van der Waals surface area (Å²) in [5.74, 6) is 0.811. The molecule has 0 fully saturated rings. The first kappa shape index (κ1) is 13.4. The summed E-state index contributed by atoms with van der Waals surface area (Å²) in [4.78, 5) is 4.64. The van der Waals surface area contributed by atoms with Crippen LogP contribution in [0.4, 0.5) is 0 Å². The van der Waals surface area contributed by atoms with E-state index in [4.69, 9.17) is 0 Å². The average Bonchev–Trinajstić information content (AvgIpc) is 3.09. The quantitative estimate of drug-likeness (QED) is 0.594. The number of aromatic nitrogens is 5. The Morgan fingerprint density at radius 2 is 1.78 bits per heavy atom. The molecule has 2 N–H and O–H groups in total. The smallest absolute Gasteiger partial charge is 0.179 e. The van der Waals surface area contributed by atoms with Gasteiger partial charge in [0.05, 0.1) is 5.69 Å². The molecule has 0 spiro atoms. The number of hydrogen-bond acceptors (Lipinski definition) is 5. The minimum atomic E-state index is 0.188. The van der Waals surface area contributed by atoms with Crippen molar-refractivity contribution >= 4 is 10.9 Å². The summed E-state index contributed by atoms with van der Waals surface area (Å²) in [7, 11) is 0. The van der Waals surface area contributed by atoms with Gasteiger partial charge in [-0.15, -0.1) is 5.10 Å². The molecule has 2 aromatic heterocycles. The maximum absolute atomic E-state index is 10.0. The second-order valence-electron chi connectivity index (χ2n) is 5.33. The zero-order valence-corrected chi connectivity index (χ0v) is 12.4. The molecule has 0 bridgehead atoms. The molecule has 23 heavy (non-hydrogen) atoms. The van der Waals surface area contributed by atoms with Gasteiger partial charge in [-0.25, -0.2) is 10.1 Å². The molecule has 0 aliphatic rings. The maximum atomic E-state index is 10.0. The molecule has 4 aromatic rings. The predicted molar refractivity (Wildman–Crippen MR) is 86.8 cm³/mol. The highest BCUT2D eigenvalue weighted by molar-refractivity contribution is 5.87. The van der Waals surface area contributed by atoms with Crippen LogP contribution in [0.1, 0.15) is 5.56 Å².